The molecule has 0 heterocycles. The molecule has 0 aliphatic rings. The molecule has 3 aromatic carbocycles. The average molecular weight is 568 g/mol. The molecule has 3 aromatic rings. The molecule has 0 saturated heterocycles. The Labute approximate surface area is 197 Å². The molecule has 12 heteroatoms. The normalized spacial score (nSPS) is 11.9. The van der Waals surface area contributed by atoms with Crippen LogP contribution in [0.4, 0.5) is 15.8 Å². The summed E-state index contributed by atoms with van der Waals surface area (Å²) in [7, 11) is -8.01. The fraction of sp³-hybridized carbons (Fsp3) is 0.0526. The zero-order chi connectivity index (χ0) is 23.0. The van der Waals surface area contributed by atoms with Gasteiger partial charge in [0.25, 0.3) is 20.0 Å². The molecule has 0 unspecified atom stereocenters. The number of halogens is 4. The lowest BCUT2D eigenvalue weighted by Crippen LogP contribution is -2.15. The molecular formula is C19H14BrCl2FN2O4S2. The standard InChI is InChI=1S/C19H14BrCl2FN2O4S2/c1-11-6-14(23)10-18(20)19(11)25-30(26,27)16-4-2-15(3-5-16)24-31(28,29)17-8-12(21)7-13(22)9-17/h2-10,24-25H,1H3. The fourth-order valence-electron chi connectivity index (χ4n) is 2.62. The minimum atomic E-state index is -4.01. The van der Waals surface area contributed by atoms with Crippen LogP contribution in [-0.2, 0) is 20.0 Å². The van der Waals surface area contributed by atoms with Gasteiger partial charge in [-0.2, -0.15) is 0 Å². The second-order valence-corrected chi connectivity index (χ2v) is 11.5. The highest BCUT2D eigenvalue weighted by Crippen LogP contribution is 2.30. The van der Waals surface area contributed by atoms with Crippen molar-refractivity contribution >= 4 is 70.6 Å². The largest absolute Gasteiger partial charge is 0.280 e. The van der Waals surface area contributed by atoms with Crippen molar-refractivity contribution < 1.29 is 21.2 Å². The number of anilines is 2. The zero-order valence-electron chi connectivity index (χ0n) is 15.7. The highest BCUT2D eigenvalue weighted by Gasteiger charge is 2.19. The second-order valence-electron chi connectivity index (χ2n) is 6.42. The van der Waals surface area contributed by atoms with Crippen LogP contribution in [0.5, 0.6) is 0 Å². The van der Waals surface area contributed by atoms with E-state index in [1.54, 1.807) is 6.92 Å². The summed E-state index contributed by atoms with van der Waals surface area (Å²) in [5.41, 5.74) is 0.721. The molecule has 0 bridgehead atoms. The van der Waals surface area contributed by atoms with Gasteiger partial charge in [0.2, 0.25) is 0 Å². The second kappa shape index (κ2) is 8.95. The van der Waals surface area contributed by atoms with Crippen molar-refractivity contribution in [1.82, 2.24) is 0 Å². The summed E-state index contributed by atoms with van der Waals surface area (Å²) < 4.78 is 68.9. The third-order valence-electron chi connectivity index (χ3n) is 4.05. The van der Waals surface area contributed by atoms with E-state index in [-0.39, 0.29) is 35.7 Å². The summed E-state index contributed by atoms with van der Waals surface area (Å²) in [6.45, 7) is 1.56. The molecule has 0 spiro atoms. The molecule has 0 aliphatic carbocycles. The van der Waals surface area contributed by atoms with Crippen molar-refractivity contribution in [3.05, 3.63) is 80.5 Å². The first kappa shape index (κ1) is 23.8. The number of hydrogen-bond acceptors (Lipinski definition) is 4. The summed E-state index contributed by atoms with van der Waals surface area (Å²) in [6.07, 6.45) is 0. The monoisotopic (exact) mass is 566 g/mol. The molecule has 3 rings (SSSR count). The van der Waals surface area contributed by atoms with Gasteiger partial charge in [0.1, 0.15) is 5.82 Å². The highest BCUT2D eigenvalue weighted by molar-refractivity contribution is 9.10. The maximum absolute atomic E-state index is 13.4. The van der Waals surface area contributed by atoms with E-state index in [0.29, 0.717) is 5.56 Å². The Balaban J connectivity index is 1.84. The van der Waals surface area contributed by atoms with Crippen molar-refractivity contribution in [1.29, 1.82) is 0 Å². The first-order chi connectivity index (χ1) is 14.4. The van der Waals surface area contributed by atoms with Crippen LogP contribution in [0, 0.1) is 12.7 Å². The van der Waals surface area contributed by atoms with Crippen LogP contribution < -0.4 is 9.44 Å². The lowest BCUT2D eigenvalue weighted by molar-refractivity contribution is 0.600. The lowest BCUT2D eigenvalue weighted by atomic mass is 10.2. The minimum Gasteiger partial charge on any atom is -0.280 e. The Bertz CT molecular complexity index is 1320. The average Bonchev–Trinajstić information content (AvgIpc) is 2.64. The van der Waals surface area contributed by atoms with E-state index < -0.39 is 25.9 Å². The van der Waals surface area contributed by atoms with Crippen molar-refractivity contribution in [2.45, 2.75) is 16.7 Å². The molecule has 6 nitrogen and oxygen atoms in total. The molecule has 31 heavy (non-hydrogen) atoms. The van der Waals surface area contributed by atoms with Gasteiger partial charge in [-0.05, 0) is 83.0 Å². The van der Waals surface area contributed by atoms with Gasteiger partial charge in [-0.1, -0.05) is 23.2 Å². The molecular weight excluding hydrogens is 554 g/mol. The van der Waals surface area contributed by atoms with Crippen LogP contribution in [-0.4, -0.2) is 16.8 Å². The van der Waals surface area contributed by atoms with Gasteiger partial charge in [0, 0.05) is 20.2 Å². The zero-order valence-corrected chi connectivity index (χ0v) is 20.4. The third kappa shape index (κ3) is 5.69. The predicted molar refractivity (Wildman–Crippen MR) is 123 cm³/mol. The first-order valence-corrected chi connectivity index (χ1v) is 13.0. The summed E-state index contributed by atoms with van der Waals surface area (Å²) in [5, 5.41) is 0.310. The predicted octanol–water partition coefficient (Wildman–Crippen LogP) is 5.81. The third-order valence-corrected chi connectivity index (χ3v) is 7.84. The molecule has 0 saturated carbocycles. The van der Waals surface area contributed by atoms with Crippen LogP contribution in [0.2, 0.25) is 10.0 Å². The van der Waals surface area contributed by atoms with Gasteiger partial charge in [0.15, 0.2) is 0 Å². The molecule has 0 radical (unpaired) electrons. The summed E-state index contributed by atoms with van der Waals surface area (Å²) in [5.74, 6) is -0.509. The Morgan fingerprint density at radius 1 is 0.806 bits per heavy atom. The number of nitrogens with one attached hydrogen (secondary N) is 2. The molecule has 0 amide bonds. The van der Waals surface area contributed by atoms with Crippen LogP contribution in [0.1, 0.15) is 5.56 Å². The Hall–Kier alpha value is -1.85. The van der Waals surface area contributed by atoms with Crippen LogP contribution >= 0.6 is 39.1 Å². The van der Waals surface area contributed by atoms with Crippen molar-refractivity contribution in [3.63, 3.8) is 0 Å². The van der Waals surface area contributed by atoms with Crippen molar-refractivity contribution in [2.24, 2.45) is 0 Å². The summed E-state index contributed by atoms with van der Waals surface area (Å²) in [4.78, 5) is -0.253. The van der Waals surface area contributed by atoms with Gasteiger partial charge < -0.3 is 0 Å². The van der Waals surface area contributed by atoms with E-state index in [1.807, 2.05) is 0 Å². The maximum Gasteiger partial charge on any atom is 0.261 e. The van der Waals surface area contributed by atoms with E-state index in [4.69, 9.17) is 23.2 Å². The van der Waals surface area contributed by atoms with Crippen molar-refractivity contribution in [2.75, 3.05) is 9.44 Å². The highest BCUT2D eigenvalue weighted by atomic mass is 79.9. The van der Waals surface area contributed by atoms with Crippen molar-refractivity contribution in [3.8, 4) is 0 Å². The topological polar surface area (TPSA) is 92.3 Å². The number of sulfonamides is 2. The van der Waals surface area contributed by atoms with Gasteiger partial charge in [-0.25, -0.2) is 21.2 Å². The number of rotatable bonds is 6. The summed E-state index contributed by atoms with van der Waals surface area (Å²) in [6, 6.07) is 11.3. The summed E-state index contributed by atoms with van der Waals surface area (Å²) >= 11 is 14.8. The van der Waals surface area contributed by atoms with Gasteiger partial charge in [-0.15, -0.1) is 0 Å². The lowest BCUT2D eigenvalue weighted by Gasteiger charge is -2.13. The Kier molecular flexibility index (Phi) is 6.87. The molecule has 2 N–H and O–H groups in total. The Morgan fingerprint density at radius 3 is 1.90 bits per heavy atom. The van der Waals surface area contributed by atoms with E-state index in [2.05, 4.69) is 25.4 Å². The number of aryl methyl sites for hydroxylation is 1. The van der Waals surface area contributed by atoms with Crippen LogP contribution in [0.15, 0.2) is 68.9 Å². The van der Waals surface area contributed by atoms with E-state index in [1.165, 1.54) is 48.5 Å². The molecule has 0 aromatic heterocycles. The molecule has 164 valence electrons. The Morgan fingerprint density at radius 2 is 1.35 bits per heavy atom. The van der Waals surface area contributed by atoms with Gasteiger partial charge in [-0.3, -0.25) is 9.44 Å². The molecule has 0 aliphatic heterocycles. The first-order valence-electron chi connectivity index (χ1n) is 8.45. The molecule has 0 fully saturated rings. The van der Waals surface area contributed by atoms with Crippen LogP contribution in [0.3, 0.4) is 0 Å². The number of benzene rings is 3. The van der Waals surface area contributed by atoms with E-state index in [9.17, 15) is 21.2 Å². The number of hydrogen-bond donors (Lipinski definition) is 2. The quantitative estimate of drug-likeness (QED) is 0.393. The maximum atomic E-state index is 13.4. The van der Waals surface area contributed by atoms with Gasteiger partial charge >= 0.3 is 0 Å². The SMILES string of the molecule is Cc1cc(F)cc(Br)c1NS(=O)(=O)c1ccc(NS(=O)(=O)c2cc(Cl)cc(Cl)c2)cc1. The smallest absolute Gasteiger partial charge is 0.261 e. The fourth-order valence-corrected chi connectivity index (χ4v) is 6.32. The molecule has 0 atom stereocenters. The van der Waals surface area contributed by atoms with E-state index in [0.717, 1.165) is 6.07 Å². The van der Waals surface area contributed by atoms with Gasteiger partial charge in [0.05, 0.1) is 15.5 Å². The van der Waals surface area contributed by atoms with E-state index >= 15 is 0 Å². The van der Waals surface area contributed by atoms with Crippen LogP contribution in [0.25, 0.3) is 0 Å². The minimum absolute atomic E-state index is 0.114.